The summed E-state index contributed by atoms with van der Waals surface area (Å²) in [5, 5.41) is 0. The van der Waals surface area contributed by atoms with Crippen LogP contribution in [0.2, 0.25) is 0 Å². The Labute approximate surface area is 415 Å². The number of nitrogens with zero attached hydrogens (tertiary/aromatic N) is 2. The van der Waals surface area contributed by atoms with E-state index in [-0.39, 0.29) is 17.2 Å². The molecule has 2 unspecified atom stereocenters. The van der Waals surface area contributed by atoms with E-state index in [0.717, 1.165) is 76.3 Å². The SMILES string of the molecule is CCCCCCCCC1(CCCCCCCC)c2ccccc2-c2ccc(-c3ccc(C4=C5C(=O)N(CC(CC)CCCC)C(c6ccc(Br)s6)=C5C(=O)N4CC(CC)CCCC)s3)cc21. The number of rotatable bonds is 29. The summed E-state index contributed by atoms with van der Waals surface area (Å²) < 4.78 is 1.00. The van der Waals surface area contributed by atoms with Crippen LogP contribution in [-0.2, 0) is 15.0 Å². The van der Waals surface area contributed by atoms with Crippen LogP contribution in [0.1, 0.15) is 204 Å². The molecule has 4 nitrogen and oxygen atoms in total. The van der Waals surface area contributed by atoms with Crippen molar-refractivity contribution in [3.63, 3.8) is 0 Å². The number of benzene rings is 2. The Morgan fingerprint density at radius 3 is 1.53 bits per heavy atom. The molecule has 0 radical (unpaired) electrons. The van der Waals surface area contributed by atoms with Gasteiger partial charge in [0, 0.05) is 23.4 Å². The maximum atomic E-state index is 15.3. The van der Waals surface area contributed by atoms with Crippen molar-refractivity contribution < 1.29 is 9.59 Å². The van der Waals surface area contributed by atoms with Gasteiger partial charge in [-0.3, -0.25) is 9.59 Å². The number of hydrogen-bond donors (Lipinski definition) is 0. The molecule has 0 fully saturated rings. The first kappa shape index (κ1) is 50.6. The minimum absolute atomic E-state index is 0.00452. The monoisotopic (exact) mass is 990 g/mol. The molecule has 0 spiro atoms. The van der Waals surface area contributed by atoms with Crippen molar-refractivity contribution in [1.29, 1.82) is 0 Å². The number of carbonyl (C=O) groups excluding carboxylic acids is 2. The number of thiophene rings is 2. The largest absolute Gasteiger partial charge is 0.306 e. The van der Waals surface area contributed by atoms with E-state index in [4.69, 9.17) is 0 Å². The van der Waals surface area contributed by atoms with Crippen molar-refractivity contribution in [2.24, 2.45) is 11.8 Å². The highest BCUT2D eigenvalue weighted by molar-refractivity contribution is 9.11. The average Bonchev–Trinajstić information content (AvgIpc) is 4.16. The fraction of sp³-hybridized carbons (Fsp3) is 0.559. The predicted molar refractivity (Wildman–Crippen MR) is 288 cm³/mol. The molecule has 66 heavy (non-hydrogen) atoms. The fourth-order valence-corrected chi connectivity index (χ4v) is 13.9. The van der Waals surface area contributed by atoms with Crippen LogP contribution in [0.3, 0.4) is 0 Å². The van der Waals surface area contributed by atoms with Crippen LogP contribution in [0.15, 0.2) is 81.7 Å². The summed E-state index contributed by atoms with van der Waals surface area (Å²) in [5.41, 5.74) is 9.98. The second-order valence-electron chi connectivity index (χ2n) is 19.8. The molecule has 2 aliphatic heterocycles. The lowest BCUT2D eigenvalue weighted by Crippen LogP contribution is -2.34. The third kappa shape index (κ3) is 10.9. The zero-order valence-electron chi connectivity index (χ0n) is 41.4. The van der Waals surface area contributed by atoms with Gasteiger partial charge in [0.05, 0.1) is 36.1 Å². The Morgan fingerprint density at radius 2 is 1.00 bits per heavy atom. The number of carbonyl (C=O) groups is 2. The summed E-state index contributed by atoms with van der Waals surface area (Å²) >= 11 is 7.10. The van der Waals surface area contributed by atoms with Crippen LogP contribution >= 0.6 is 38.6 Å². The van der Waals surface area contributed by atoms with Crippen LogP contribution in [0.5, 0.6) is 0 Å². The van der Waals surface area contributed by atoms with Gasteiger partial charge in [-0.2, -0.15) is 0 Å². The summed E-state index contributed by atoms with van der Waals surface area (Å²) in [7, 11) is 0. The van der Waals surface area contributed by atoms with E-state index in [1.165, 1.54) is 123 Å². The maximum absolute atomic E-state index is 15.3. The van der Waals surface area contributed by atoms with Crippen LogP contribution < -0.4 is 0 Å². The molecule has 356 valence electrons. The number of halogens is 1. The van der Waals surface area contributed by atoms with Gasteiger partial charge in [-0.1, -0.05) is 194 Å². The van der Waals surface area contributed by atoms with Crippen LogP contribution in [0.25, 0.3) is 33.0 Å². The van der Waals surface area contributed by atoms with Gasteiger partial charge >= 0.3 is 0 Å². The summed E-state index contributed by atoms with van der Waals surface area (Å²) in [6.07, 6.45) is 26.7. The first-order valence-electron chi connectivity index (χ1n) is 26.5. The van der Waals surface area contributed by atoms with E-state index < -0.39 is 0 Å². The highest BCUT2D eigenvalue weighted by Gasteiger charge is 2.50. The fourth-order valence-electron chi connectivity index (χ4n) is 11.4. The highest BCUT2D eigenvalue weighted by atomic mass is 79.9. The number of fused-ring (bicyclic) bond motifs is 4. The van der Waals surface area contributed by atoms with Crippen molar-refractivity contribution in [3.8, 4) is 21.6 Å². The van der Waals surface area contributed by atoms with E-state index in [9.17, 15) is 0 Å². The lowest BCUT2D eigenvalue weighted by molar-refractivity contribution is -0.124. The van der Waals surface area contributed by atoms with Gasteiger partial charge in [0.25, 0.3) is 11.8 Å². The summed E-state index contributed by atoms with van der Waals surface area (Å²) in [5.74, 6) is 0.712. The van der Waals surface area contributed by atoms with Gasteiger partial charge in [-0.15, -0.1) is 22.7 Å². The second kappa shape index (κ2) is 24.3. The standard InChI is InChI=1S/C59H79BrN2O2S2/c1-7-13-17-19-21-25-37-59(38-26-22-20-18-14-8-2)47-30-24-23-29-45(47)46-32-31-44(39-48(46)59)49-33-34-50(65-49)55-53-54(58(64)61(55)40-42(11-5)27-15-9-3)56(51-35-36-52(60)66-51)62(57(53)63)41-43(12-6)28-16-10-4/h23-24,29-36,39,42-43H,7-22,25-28,37-38,40-41H2,1-6H3. The summed E-state index contributed by atoms with van der Waals surface area (Å²) in [6, 6.07) is 25.2. The number of unbranched alkanes of at least 4 members (excludes halogenated alkanes) is 12. The van der Waals surface area contributed by atoms with E-state index in [1.807, 2.05) is 9.80 Å². The Balaban J connectivity index is 1.31. The van der Waals surface area contributed by atoms with Crippen molar-refractivity contribution in [1.82, 2.24) is 9.80 Å². The Morgan fingerprint density at radius 1 is 0.515 bits per heavy atom. The van der Waals surface area contributed by atoms with E-state index in [1.54, 1.807) is 22.7 Å². The van der Waals surface area contributed by atoms with Gasteiger partial charge in [0.2, 0.25) is 0 Å². The molecule has 0 saturated carbocycles. The lowest BCUT2D eigenvalue weighted by Gasteiger charge is -2.33. The predicted octanol–water partition coefficient (Wildman–Crippen LogP) is 18.2. The highest BCUT2D eigenvalue weighted by Crippen LogP contribution is 2.56. The van der Waals surface area contributed by atoms with Crippen molar-refractivity contribution >= 4 is 61.8 Å². The minimum atomic E-state index is -0.00801. The third-order valence-corrected chi connectivity index (χ3v) is 18.0. The molecule has 2 aromatic carbocycles. The molecule has 0 N–H and O–H groups in total. The first-order chi connectivity index (χ1) is 32.2. The molecule has 4 heterocycles. The van der Waals surface area contributed by atoms with Crippen LogP contribution in [-0.4, -0.2) is 34.7 Å². The van der Waals surface area contributed by atoms with E-state index in [2.05, 4.69) is 124 Å². The van der Waals surface area contributed by atoms with Gasteiger partial charge in [0.15, 0.2) is 0 Å². The molecule has 1 aliphatic carbocycles. The number of hydrogen-bond acceptors (Lipinski definition) is 4. The molecule has 2 aromatic heterocycles. The van der Waals surface area contributed by atoms with Crippen LogP contribution in [0.4, 0.5) is 0 Å². The van der Waals surface area contributed by atoms with Crippen molar-refractivity contribution in [2.75, 3.05) is 13.1 Å². The zero-order valence-corrected chi connectivity index (χ0v) is 44.6. The molecule has 0 saturated heterocycles. The Bertz CT molecular complexity index is 2300. The molecule has 7 heteroatoms. The molecular formula is C59H79BrN2O2S2. The smallest absolute Gasteiger partial charge is 0.261 e. The molecule has 7 rings (SSSR count). The normalized spacial score (nSPS) is 16.2. The van der Waals surface area contributed by atoms with Crippen molar-refractivity contribution in [2.45, 2.75) is 188 Å². The molecule has 4 aromatic rings. The molecule has 2 atom stereocenters. The molecular weight excluding hydrogens is 913 g/mol. The van der Waals surface area contributed by atoms with Gasteiger partial charge in [-0.05, 0) is 112 Å². The molecule has 0 bridgehead atoms. The van der Waals surface area contributed by atoms with Gasteiger partial charge < -0.3 is 9.80 Å². The molecule has 3 aliphatic rings. The quantitative estimate of drug-likeness (QED) is 0.0509. The average molecular weight is 992 g/mol. The summed E-state index contributed by atoms with van der Waals surface area (Å²) in [6.45, 7) is 14.9. The number of amides is 2. The Kier molecular flexibility index (Phi) is 18.7. The van der Waals surface area contributed by atoms with Gasteiger partial charge in [0.1, 0.15) is 0 Å². The van der Waals surface area contributed by atoms with E-state index in [0.29, 0.717) is 36.1 Å². The van der Waals surface area contributed by atoms with Gasteiger partial charge in [-0.25, -0.2) is 0 Å². The minimum Gasteiger partial charge on any atom is -0.306 e. The Hall–Kier alpha value is -3.26. The van der Waals surface area contributed by atoms with E-state index >= 15 is 9.59 Å². The summed E-state index contributed by atoms with van der Waals surface area (Å²) in [4.78, 5) is 37.7. The lowest BCUT2D eigenvalue weighted by atomic mass is 9.70. The zero-order chi connectivity index (χ0) is 46.6. The van der Waals surface area contributed by atoms with Crippen molar-refractivity contribution in [3.05, 3.63) is 103 Å². The molecule has 2 amide bonds. The van der Waals surface area contributed by atoms with Crippen LogP contribution in [0, 0.1) is 11.8 Å². The first-order valence-corrected chi connectivity index (χ1v) is 28.9. The third-order valence-electron chi connectivity index (χ3n) is 15.3. The second-order valence-corrected chi connectivity index (χ2v) is 23.3. The maximum Gasteiger partial charge on any atom is 0.261 e. The topological polar surface area (TPSA) is 40.6 Å².